The number of rotatable bonds is 4. The number of amides is 1. The van der Waals surface area contributed by atoms with Crippen LogP contribution in [0.3, 0.4) is 0 Å². The van der Waals surface area contributed by atoms with Gasteiger partial charge in [-0.2, -0.15) is 13.2 Å². The van der Waals surface area contributed by atoms with Crippen LogP contribution < -0.4 is 5.32 Å². The molecule has 0 aliphatic rings. The summed E-state index contributed by atoms with van der Waals surface area (Å²) in [5.74, 6) is 0.0599. The number of carbonyl (C=O) groups excluding carboxylic acids is 1. The number of ether oxygens (including phenoxy) is 1. The highest BCUT2D eigenvalue weighted by Gasteiger charge is 2.31. The molecule has 1 aromatic heterocycles. The molecule has 0 aliphatic carbocycles. The maximum atomic E-state index is 12.3. The predicted octanol–water partition coefficient (Wildman–Crippen LogP) is 2.92. The van der Waals surface area contributed by atoms with Gasteiger partial charge in [-0.05, 0) is 5.56 Å². The first-order chi connectivity index (χ1) is 10.4. The first kappa shape index (κ1) is 15.7. The van der Waals surface area contributed by atoms with Crippen molar-refractivity contribution >= 4 is 6.09 Å². The van der Waals surface area contributed by atoms with E-state index < -0.39 is 17.8 Å². The minimum atomic E-state index is -4.49. The van der Waals surface area contributed by atoms with E-state index in [2.05, 4.69) is 15.3 Å². The van der Waals surface area contributed by atoms with E-state index in [-0.39, 0.29) is 19.0 Å². The summed E-state index contributed by atoms with van der Waals surface area (Å²) in [6, 6.07) is 9.06. The van der Waals surface area contributed by atoms with Crippen LogP contribution in [0, 0.1) is 0 Å². The molecule has 8 heteroatoms. The molecule has 0 saturated heterocycles. The number of carbonyl (C=O) groups is 1. The second-order valence-corrected chi connectivity index (χ2v) is 4.30. The van der Waals surface area contributed by atoms with E-state index in [0.717, 1.165) is 5.56 Å². The third-order valence-corrected chi connectivity index (χ3v) is 2.64. The van der Waals surface area contributed by atoms with Gasteiger partial charge in [-0.15, -0.1) is 0 Å². The van der Waals surface area contributed by atoms with Gasteiger partial charge in [0.25, 0.3) is 0 Å². The second kappa shape index (κ2) is 6.88. The van der Waals surface area contributed by atoms with E-state index >= 15 is 0 Å². The summed E-state index contributed by atoms with van der Waals surface area (Å²) in [6.07, 6.45) is -3.86. The van der Waals surface area contributed by atoms with Crippen LogP contribution in [0.2, 0.25) is 0 Å². The fraction of sp³-hybridized carbons (Fsp3) is 0.214. The van der Waals surface area contributed by atoms with Gasteiger partial charge in [0.05, 0.1) is 12.1 Å². The van der Waals surface area contributed by atoms with Crippen molar-refractivity contribution in [2.75, 3.05) is 0 Å². The molecule has 0 saturated carbocycles. The number of aromatic nitrogens is 2. The number of nitrogens with zero attached hydrogens (tertiary/aromatic N) is 2. The highest BCUT2D eigenvalue weighted by molar-refractivity contribution is 5.67. The van der Waals surface area contributed by atoms with Crippen LogP contribution in [0.5, 0.6) is 0 Å². The molecule has 0 fully saturated rings. The fourth-order valence-corrected chi connectivity index (χ4v) is 1.52. The maximum absolute atomic E-state index is 12.3. The van der Waals surface area contributed by atoms with Crippen molar-refractivity contribution < 1.29 is 22.7 Å². The summed E-state index contributed by atoms with van der Waals surface area (Å²) in [5, 5.41) is 2.36. The molecule has 0 unspecified atom stereocenters. The number of nitrogens with one attached hydrogen (secondary N) is 1. The van der Waals surface area contributed by atoms with Gasteiger partial charge in [-0.25, -0.2) is 14.8 Å². The van der Waals surface area contributed by atoms with E-state index in [1.807, 2.05) is 18.2 Å². The lowest BCUT2D eigenvalue weighted by Gasteiger charge is -2.08. The van der Waals surface area contributed by atoms with Gasteiger partial charge >= 0.3 is 12.3 Å². The zero-order chi connectivity index (χ0) is 16.0. The summed E-state index contributed by atoms with van der Waals surface area (Å²) >= 11 is 0. The van der Waals surface area contributed by atoms with Crippen LogP contribution in [0.15, 0.2) is 42.7 Å². The average molecular weight is 311 g/mol. The summed E-state index contributed by atoms with van der Waals surface area (Å²) in [5.41, 5.74) is -0.119. The number of hydrogen-bond donors (Lipinski definition) is 1. The topological polar surface area (TPSA) is 64.1 Å². The Labute approximate surface area is 124 Å². The van der Waals surface area contributed by atoms with Gasteiger partial charge in [0.15, 0.2) is 0 Å². The summed E-state index contributed by atoms with van der Waals surface area (Å²) in [4.78, 5) is 18.5. The molecular formula is C14H12F3N3O2. The minimum Gasteiger partial charge on any atom is -0.445 e. The third kappa shape index (κ3) is 4.72. The largest absolute Gasteiger partial charge is 0.445 e. The van der Waals surface area contributed by atoms with Crippen molar-refractivity contribution in [3.05, 3.63) is 59.7 Å². The van der Waals surface area contributed by atoms with Gasteiger partial charge in [0.2, 0.25) is 0 Å². The van der Waals surface area contributed by atoms with Gasteiger partial charge in [-0.1, -0.05) is 30.3 Å². The van der Waals surface area contributed by atoms with Crippen molar-refractivity contribution in [2.24, 2.45) is 0 Å². The molecule has 0 spiro atoms. The molecule has 5 nitrogen and oxygen atoms in total. The molecule has 1 amide bonds. The maximum Gasteiger partial charge on any atom is 0.419 e. The Kier molecular flexibility index (Phi) is 4.92. The molecule has 0 bridgehead atoms. The van der Waals surface area contributed by atoms with E-state index in [1.54, 1.807) is 12.1 Å². The fourth-order valence-electron chi connectivity index (χ4n) is 1.52. The van der Waals surface area contributed by atoms with E-state index in [4.69, 9.17) is 4.74 Å². The van der Waals surface area contributed by atoms with Gasteiger partial charge in [-0.3, -0.25) is 0 Å². The Morgan fingerprint density at radius 2 is 1.77 bits per heavy atom. The molecule has 1 N–H and O–H groups in total. The lowest BCUT2D eigenvalue weighted by atomic mass is 10.2. The smallest absolute Gasteiger partial charge is 0.419 e. The summed E-state index contributed by atoms with van der Waals surface area (Å²) in [6.45, 7) is -0.0215. The minimum absolute atomic E-state index is 0.0599. The highest BCUT2D eigenvalue weighted by atomic mass is 19.4. The SMILES string of the molecule is O=C(NCc1ncc(C(F)(F)F)cn1)OCc1ccccc1. The molecule has 116 valence electrons. The van der Waals surface area contributed by atoms with E-state index in [0.29, 0.717) is 12.4 Å². The molecule has 2 rings (SSSR count). The zero-order valence-electron chi connectivity index (χ0n) is 11.3. The van der Waals surface area contributed by atoms with E-state index in [9.17, 15) is 18.0 Å². The lowest BCUT2D eigenvalue weighted by Crippen LogP contribution is -2.24. The van der Waals surface area contributed by atoms with Crippen LogP contribution >= 0.6 is 0 Å². The van der Waals surface area contributed by atoms with Crippen molar-refractivity contribution in [1.29, 1.82) is 0 Å². The normalized spacial score (nSPS) is 11.0. The Bertz CT molecular complexity index is 615. The number of alkyl halides is 3. The zero-order valence-corrected chi connectivity index (χ0v) is 11.3. The molecule has 2 aromatic rings. The molecule has 22 heavy (non-hydrogen) atoms. The Balaban J connectivity index is 1.79. The Hall–Kier alpha value is -2.64. The monoisotopic (exact) mass is 311 g/mol. The quantitative estimate of drug-likeness (QED) is 0.943. The summed E-state index contributed by atoms with van der Waals surface area (Å²) in [7, 11) is 0. The number of alkyl carbamates (subject to hydrolysis) is 1. The number of hydrogen-bond acceptors (Lipinski definition) is 4. The van der Waals surface area contributed by atoms with Gasteiger partial charge in [0.1, 0.15) is 12.4 Å². The number of benzene rings is 1. The first-order valence-electron chi connectivity index (χ1n) is 6.28. The molecule has 0 radical (unpaired) electrons. The van der Waals surface area contributed by atoms with Crippen molar-refractivity contribution in [1.82, 2.24) is 15.3 Å². The molecule has 1 heterocycles. The van der Waals surface area contributed by atoms with Crippen LogP contribution in [0.25, 0.3) is 0 Å². The molecule has 1 aromatic carbocycles. The van der Waals surface area contributed by atoms with Crippen molar-refractivity contribution in [3.63, 3.8) is 0 Å². The first-order valence-corrected chi connectivity index (χ1v) is 6.28. The second-order valence-electron chi connectivity index (χ2n) is 4.30. The molecule has 0 atom stereocenters. The predicted molar refractivity (Wildman–Crippen MR) is 70.5 cm³/mol. The van der Waals surface area contributed by atoms with Crippen LogP contribution in [-0.4, -0.2) is 16.1 Å². The number of halogens is 3. The van der Waals surface area contributed by atoms with Gasteiger partial charge in [0, 0.05) is 12.4 Å². The molecule has 0 aliphatic heterocycles. The summed E-state index contributed by atoms with van der Waals surface area (Å²) < 4.78 is 41.9. The third-order valence-electron chi connectivity index (χ3n) is 2.64. The van der Waals surface area contributed by atoms with Crippen molar-refractivity contribution in [3.8, 4) is 0 Å². The van der Waals surface area contributed by atoms with E-state index in [1.165, 1.54) is 0 Å². The van der Waals surface area contributed by atoms with Crippen LogP contribution in [-0.2, 0) is 24.1 Å². The highest BCUT2D eigenvalue weighted by Crippen LogP contribution is 2.27. The standard InChI is InChI=1S/C14H12F3N3O2/c15-14(16,17)11-6-18-12(19-7-11)8-20-13(21)22-9-10-4-2-1-3-5-10/h1-7H,8-9H2,(H,20,21). The Morgan fingerprint density at radius 3 is 2.36 bits per heavy atom. The molecular weight excluding hydrogens is 299 g/mol. The lowest BCUT2D eigenvalue weighted by molar-refractivity contribution is -0.138. The van der Waals surface area contributed by atoms with Gasteiger partial charge < -0.3 is 10.1 Å². The average Bonchev–Trinajstić information content (AvgIpc) is 2.51. The van der Waals surface area contributed by atoms with Crippen LogP contribution in [0.4, 0.5) is 18.0 Å². The van der Waals surface area contributed by atoms with Crippen LogP contribution in [0.1, 0.15) is 17.0 Å². The Morgan fingerprint density at radius 1 is 1.14 bits per heavy atom. The van der Waals surface area contributed by atoms with Crippen molar-refractivity contribution in [2.45, 2.75) is 19.3 Å².